The quantitative estimate of drug-likeness (QED) is 0.376. The lowest BCUT2D eigenvalue weighted by Gasteiger charge is -2.13. The van der Waals surface area contributed by atoms with E-state index in [0.717, 1.165) is 6.08 Å². The SMILES string of the molecule is O=C1C=C([C@@H]2O[C@@H](CO)[C@@H](O)[C@H]2O)C(=O)N1. The average Bonchev–Trinajstić information content (AvgIpc) is 2.70. The van der Waals surface area contributed by atoms with Gasteiger partial charge in [-0.3, -0.25) is 14.9 Å². The van der Waals surface area contributed by atoms with Crippen molar-refractivity contribution >= 4 is 11.8 Å². The minimum Gasteiger partial charge on any atom is -0.394 e. The number of aliphatic hydroxyl groups is 3. The van der Waals surface area contributed by atoms with Gasteiger partial charge >= 0.3 is 0 Å². The zero-order chi connectivity index (χ0) is 11.9. The first kappa shape index (κ1) is 11.2. The highest BCUT2D eigenvalue weighted by Gasteiger charge is 2.46. The number of nitrogens with one attached hydrogen (secondary N) is 1. The second-order valence-corrected chi connectivity index (χ2v) is 3.68. The molecule has 2 amide bonds. The molecule has 1 saturated heterocycles. The molecule has 7 heteroatoms. The van der Waals surface area contributed by atoms with Crippen molar-refractivity contribution in [2.24, 2.45) is 0 Å². The summed E-state index contributed by atoms with van der Waals surface area (Å²) in [5.74, 6) is -1.24. The van der Waals surface area contributed by atoms with Crippen molar-refractivity contribution in [3.63, 3.8) is 0 Å². The zero-order valence-corrected chi connectivity index (χ0v) is 8.16. The number of carbonyl (C=O) groups excluding carboxylic acids is 2. The molecule has 0 bridgehead atoms. The van der Waals surface area contributed by atoms with Crippen molar-refractivity contribution < 1.29 is 29.6 Å². The molecule has 4 N–H and O–H groups in total. The van der Waals surface area contributed by atoms with Crippen LogP contribution >= 0.6 is 0 Å². The van der Waals surface area contributed by atoms with Gasteiger partial charge in [-0.25, -0.2) is 0 Å². The molecule has 16 heavy (non-hydrogen) atoms. The lowest BCUT2D eigenvalue weighted by Crippen LogP contribution is -2.36. The summed E-state index contributed by atoms with van der Waals surface area (Å²) >= 11 is 0. The molecule has 0 aromatic heterocycles. The largest absolute Gasteiger partial charge is 0.394 e. The molecule has 0 unspecified atom stereocenters. The number of aliphatic hydroxyl groups excluding tert-OH is 3. The Labute approximate surface area is 90.3 Å². The van der Waals surface area contributed by atoms with Gasteiger partial charge in [-0.05, 0) is 0 Å². The summed E-state index contributed by atoms with van der Waals surface area (Å²) in [5, 5.41) is 29.9. The van der Waals surface area contributed by atoms with Crippen LogP contribution in [0.5, 0.6) is 0 Å². The van der Waals surface area contributed by atoms with E-state index in [1.165, 1.54) is 0 Å². The predicted molar refractivity (Wildman–Crippen MR) is 49.0 cm³/mol. The van der Waals surface area contributed by atoms with Crippen molar-refractivity contribution in [3.05, 3.63) is 11.6 Å². The number of imide groups is 1. The lowest BCUT2D eigenvalue weighted by molar-refractivity contribution is -0.124. The third kappa shape index (κ3) is 1.63. The fourth-order valence-electron chi connectivity index (χ4n) is 1.79. The second kappa shape index (κ2) is 3.95. The normalized spacial score (nSPS) is 38.8. The minimum absolute atomic E-state index is 0.0347. The number of rotatable bonds is 2. The van der Waals surface area contributed by atoms with Crippen LogP contribution in [0.1, 0.15) is 0 Å². The topological polar surface area (TPSA) is 116 Å². The van der Waals surface area contributed by atoms with Crippen LogP contribution in [0.15, 0.2) is 11.6 Å². The maximum absolute atomic E-state index is 11.3. The first-order valence-electron chi connectivity index (χ1n) is 4.74. The highest BCUT2D eigenvalue weighted by molar-refractivity contribution is 6.16. The van der Waals surface area contributed by atoms with Crippen LogP contribution in [0.4, 0.5) is 0 Å². The van der Waals surface area contributed by atoms with Crippen molar-refractivity contribution in [2.75, 3.05) is 6.61 Å². The van der Waals surface area contributed by atoms with E-state index < -0.39 is 42.8 Å². The predicted octanol–water partition coefficient (Wildman–Crippen LogP) is -2.95. The summed E-state index contributed by atoms with van der Waals surface area (Å²) < 4.78 is 5.11. The van der Waals surface area contributed by atoms with Crippen LogP contribution in [0.25, 0.3) is 0 Å². The van der Waals surface area contributed by atoms with Crippen molar-refractivity contribution in [3.8, 4) is 0 Å². The van der Waals surface area contributed by atoms with E-state index in [2.05, 4.69) is 0 Å². The van der Waals surface area contributed by atoms with E-state index in [1.807, 2.05) is 5.32 Å². The molecule has 0 radical (unpaired) electrons. The molecule has 4 atom stereocenters. The van der Waals surface area contributed by atoms with Crippen molar-refractivity contribution in [1.29, 1.82) is 0 Å². The number of carbonyl (C=O) groups is 2. The lowest BCUT2D eigenvalue weighted by atomic mass is 10.0. The third-order valence-corrected chi connectivity index (χ3v) is 2.63. The van der Waals surface area contributed by atoms with E-state index in [0.29, 0.717) is 0 Å². The fourth-order valence-corrected chi connectivity index (χ4v) is 1.79. The van der Waals surface area contributed by atoms with Gasteiger partial charge in [0, 0.05) is 6.08 Å². The van der Waals surface area contributed by atoms with E-state index in [1.54, 1.807) is 0 Å². The molecule has 7 nitrogen and oxygen atoms in total. The number of ether oxygens (including phenoxy) is 1. The smallest absolute Gasteiger partial charge is 0.256 e. The van der Waals surface area contributed by atoms with Gasteiger partial charge in [0.15, 0.2) is 0 Å². The van der Waals surface area contributed by atoms with E-state index in [-0.39, 0.29) is 5.57 Å². The Kier molecular flexibility index (Phi) is 2.76. The number of amides is 2. The van der Waals surface area contributed by atoms with Gasteiger partial charge in [0.2, 0.25) is 0 Å². The fraction of sp³-hybridized carbons (Fsp3) is 0.556. The van der Waals surface area contributed by atoms with Gasteiger partial charge in [-0.2, -0.15) is 0 Å². The number of hydrogen-bond donors (Lipinski definition) is 4. The molecule has 0 spiro atoms. The molecule has 1 fully saturated rings. The maximum Gasteiger partial charge on any atom is 0.256 e. The van der Waals surface area contributed by atoms with Gasteiger partial charge in [-0.1, -0.05) is 0 Å². The molecule has 2 heterocycles. The molecular weight excluding hydrogens is 218 g/mol. The molecule has 0 aromatic rings. The molecule has 0 aliphatic carbocycles. The van der Waals surface area contributed by atoms with Crippen LogP contribution in [0.3, 0.4) is 0 Å². The van der Waals surface area contributed by atoms with Crippen LogP contribution < -0.4 is 5.32 Å². The van der Waals surface area contributed by atoms with Gasteiger partial charge in [-0.15, -0.1) is 0 Å². The summed E-state index contributed by atoms with van der Waals surface area (Å²) in [6.07, 6.45) is -3.63. The number of hydrogen-bond acceptors (Lipinski definition) is 6. The summed E-state index contributed by atoms with van der Waals surface area (Å²) in [7, 11) is 0. The molecule has 0 saturated carbocycles. The van der Waals surface area contributed by atoms with Crippen molar-refractivity contribution in [1.82, 2.24) is 5.32 Å². The Morgan fingerprint density at radius 3 is 2.44 bits per heavy atom. The second-order valence-electron chi connectivity index (χ2n) is 3.68. The summed E-state index contributed by atoms with van der Waals surface area (Å²) in [6.45, 7) is -0.475. The minimum atomic E-state index is -1.33. The molecule has 0 aromatic carbocycles. The highest BCUT2D eigenvalue weighted by Crippen LogP contribution is 2.27. The Bertz CT molecular complexity index is 365. The van der Waals surface area contributed by atoms with E-state index in [4.69, 9.17) is 9.84 Å². The molecule has 2 aliphatic heterocycles. The Balaban J connectivity index is 2.20. The van der Waals surface area contributed by atoms with Gasteiger partial charge in [0.1, 0.15) is 24.4 Å². The van der Waals surface area contributed by atoms with E-state index >= 15 is 0 Å². The Morgan fingerprint density at radius 2 is 2.00 bits per heavy atom. The molecule has 2 rings (SSSR count). The van der Waals surface area contributed by atoms with Crippen molar-refractivity contribution in [2.45, 2.75) is 24.4 Å². The maximum atomic E-state index is 11.3. The Morgan fingerprint density at radius 1 is 1.31 bits per heavy atom. The third-order valence-electron chi connectivity index (χ3n) is 2.63. The molecular formula is C9H11NO6. The monoisotopic (exact) mass is 229 g/mol. The van der Waals surface area contributed by atoms with Crippen LogP contribution in [-0.4, -0.2) is 58.2 Å². The van der Waals surface area contributed by atoms with Crippen LogP contribution in [0, 0.1) is 0 Å². The zero-order valence-electron chi connectivity index (χ0n) is 8.16. The summed E-state index contributed by atoms with van der Waals surface area (Å²) in [5.41, 5.74) is -0.0347. The molecule has 88 valence electrons. The van der Waals surface area contributed by atoms with E-state index in [9.17, 15) is 19.8 Å². The molecule has 2 aliphatic rings. The van der Waals surface area contributed by atoms with Crippen LogP contribution in [-0.2, 0) is 14.3 Å². The summed E-state index contributed by atoms with van der Waals surface area (Å²) in [4.78, 5) is 22.2. The average molecular weight is 229 g/mol. The van der Waals surface area contributed by atoms with Gasteiger partial charge < -0.3 is 20.1 Å². The first-order valence-corrected chi connectivity index (χ1v) is 4.74. The highest BCUT2D eigenvalue weighted by atomic mass is 16.6. The van der Waals surface area contributed by atoms with Gasteiger partial charge in [0.05, 0.1) is 12.2 Å². The van der Waals surface area contributed by atoms with Crippen LogP contribution in [0.2, 0.25) is 0 Å². The first-order chi connectivity index (χ1) is 7.54. The standard InChI is InChI=1S/C9H11NO6/c11-2-4-6(13)7(14)8(16-4)3-1-5(12)10-9(3)15/h1,4,6-8,11,13-14H,2H2,(H,10,12,15)/t4-,6+,7+,8-/m0/s1. The summed E-state index contributed by atoms with van der Waals surface area (Å²) in [6, 6.07) is 0. The Hall–Kier alpha value is -1.28. The van der Waals surface area contributed by atoms with Gasteiger partial charge in [0.25, 0.3) is 11.8 Å².